The largest absolute Gasteiger partial charge is 0.310 e. The number of benzene rings is 13. The van der Waals surface area contributed by atoms with Crippen LogP contribution in [0.15, 0.2) is 285 Å². The molecule has 0 atom stereocenters. The van der Waals surface area contributed by atoms with Crippen LogP contribution >= 0.6 is 0 Å². The summed E-state index contributed by atoms with van der Waals surface area (Å²) in [6, 6.07) is 106. The van der Waals surface area contributed by atoms with Crippen LogP contribution < -0.4 is 0 Å². The van der Waals surface area contributed by atoms with Gasteiger partial charge in [0.25, 0.3) is 0 Å². The van der Waals surface area contributed by atoms with Crippen LogP contribution in [0.2, 0.25) is 0 Å². The molecule has 8 bridgehead atoms. The van der Waals surface area contributed by atoms with Crippen LogP contribution in [0, 0.1) is 0 Å². The minimum Gasteiger partial charge on any atom is -0.310 e. The molecule has 0 fully saturated rings. The smallest absolute Gasteiger partial charge is 0.0562 e. The summed E-state index contributed by atoms with van der Waals surface area (Å²) >= 11 is 0. The molecule has 0 radical (unpaired) electrons. The van der Waals surface area contributed by atoms with Gasteiger partial charge in [0.1, 0.15) is 0 Å². The van der Waals surface area contributed by atoms with Crippen molar-refractivity contribution in [3.05, 3.63) is 285 Å². The SMILES string of the molecule is c1ccc(-n2c3ccc4cc3c3cc(ccc32)n(-c2ccc3c5ccccc5n(-c5cccc6ccccc56)c3c2)c2cccc(c2)c2cccc(c2)n4-c2ccc3c4ccccc4n(-c4cccc5ccccc45)c3c2)cc1. The third kappa shape index (κ3) is 6.57. The third-order valence-corrected chi connectivity index (χ3v) is 16.7. The quantitative estimate of drug-likeness (QED) is 0.164. The van der Waals surface area contributed by atoms with Gasteiger partial charge < -0.3 is 22.8 Å². The van der Waals surface area contributed by atoms with Gasteiger partial charge in [-0.3, -0.25) is 0 Å². The van der Waals surface area contributed by atoms with Gasteiger partial charge >= 0.3 is 0 Å². The molecule has 17 rings (SSSR count). The first-order valence-electron chi connectivity index (χ1n) is 27.2. The van der Waals surface area contributed by atoms with E-state index in [9.17, 15) is 0 Å². The van der Waals surface area contributed by atoms with Crippen LogP contribution in [0.3, 0.4) is 0 Å². The molecule has 0 aliphatic carbocycles. The summed E-state index contributed by atoms with van der Waals surface area (Å²) in [5.41, 5.74) is 16.8. The normalized spacial score (nSPS) is 12.1. The first-order valence-corrected chi connectivity index (χ1v) is 27.2. The predicted molar refractivity (Wildman–Crippen MR) is 333 cm³/mol. The summed E-state index contributed by atoms with van der Waals surface area (Å²) in [5, 5.41) is 14.4. The molecule has 0 saturated carbocycles. The molecule has 79 heavy (non-hydrogen) atoms. The highest BCUT2D eigenvalue weighted by molar-refractivity contribution is 6.14. The van der Waals surface area contributed by atoms with E-state index in [0.29, 0.717) is 0 Å². The first-order chi connectivity index (χ1) is 39.2. The number of hydrogen-bond acceptors (Lipinski definition) is 0. The zero-order valence-corrected chi connectivity index (χ0v) is 42.9. The molecule has 0 aliphatic heterocycles. The summed E-state index contributed by atoms with van der Waals surface area (Å²) < 4.78 is 12.3. The average molecular weight is 1010 g/mol. The van der Waals surface area contributed by atoms with Gasteiger partial charge in [-0.05, 0) is 143 Å². The lowest BCUT2D eigenvalue weighted by molar-refractivity contribution is 1.15. The van der Waals surface area contributed by atoms with E-state index in [1.165, 1.54) is 64.9 Å². The number of rotatable bonds is 5. The number of aromatic nitrogens is 5. The topological polar surface area (TPSA) is 24.6 Å². The fourth-order valence-corrected chi connectivity index (χ4v) is 13.2. The lowest BCUT2D eigenvalue weighted by atomic mass is 10.1. The van der Waals surface area contributed by atoms with E-state index in [1.807, 2.05) is 0 Å². The number of fused-ring (bicyclic) bond motifs is 15. The number of hydrogen-bond donors (Lipinski definition) is 0. The van der Waals surface area contributed by atoms with Crippen molar-refractivity contribution in [1.29, 1.82) is 0 Å². The maximum absolute atomic E-state index is 2.47. The second-order valence-electron chi connectivity index (χ2n) is 20.9. The van der Waals surface area contributed by atoms with Gasteiger partial charge in [0, 0.05) is 82.2 Å². The van der Waals surface area contributed by atoms with Gasteiger partial charge in [0.2, 0.25) is 0 Å². The van der Waals surface area contributed by atoms with Crippen molar-refractivity contribution >= 4 is 120 Å². The predicted octanol–water partition coefficient (Wildman–Crippen LogP) is 19.4. The molecule has 0 spiro atoms. The van der Waals surface area contributed by atoms with Gasteiger partial charge in [-0.25, -0.2) is 0 Å². The molecule has 0 aliphatic rings. The molecule has 4 heterocycles. The molecule has 368 valence electrons. The van der Waals surface area contributed by atoms with E-state index in [-0.39, 0.29) is 0 Å². The Labute approximate surface area is 453 Å². The van der Waals surface area contributed by atoms with Crippen molar-refractivity contribution in [2.75, 3.05) is 0 Å². The van der Waals surface area contributed by atoms with Crippen molar-refractivity contribution in [3.8, 4) is 28.4 Å². The molecular formula is C74H47N5. The zero-order chi connectivity index (χ0) is 51.7. The van der Waals surface area contributed by atoms with Gasteiger partial charge in [-0.1, -0.05) is 164 Å². The maximum Gasteiger partial charge on any atom is 0.0562 e. The fourth-order valence-electron chi connectivity index (χ4n) is 13.2. The Balaban J connectivity index is 0.983. The molecule has 13 aromatic carbocycles. The summed E-state index contributed by atoms with van der Waals surface area (Å²) in [7, 11) is 0. The molecule has 5 nitrogen and oxygen atoms in total. The Kier molecular flexibility index (Phi) is 9.35. The molecule has 0 saturated heterocycles. The van der Waals surface area contributed by atoms with Crippen LogP contribution in [-0.2, 0) is 0 Å². The van der Waals surface area contributed by atoms with Crippen LogP contribution in [0.4, 0.5) is 0 Å². The minimum atomic E-state index is 1.07. The fraction of sp³-hybridized carbons (Fsp3) is 0. The van der Waals surface area contributed by atoms with Gasteiger partial charge in [0.15, 0.2) is 0 Å². The van der Waals surface area contributed by atoms with Crippen LogP contribution in [-0.4, -0.2) is 22.8 Å². The van der Waals surface area contributed by atoms with Crippen molar-refractivity contribution in [1.82, 2.24) is 22.8 Å². The molecule has 0 unspecified atom stereocenters. The number of para-hydroxylation sites is 3. The standard InChI is InChI=1S/C74H47N5/c1-2-22-52(23-3-1)77-71-40-36-55-44-65(71)66-45-56(37-41-72(66)77)76(58-35-39-64-62-29-9-11-31-70(62)79(74(64)47-58)68-33-15-19-49-17-5-7-27-60(49)68)54-25-13-21-51(43-54)50-20-12-24-53(42-50)75(55)57-34-38-63-61-28-8-10-30-69(61)78(73(63)46-57)67-32-14-18-48-16-4-6-26-59(48)67/h1-47H. The summed E-state index contributed by atoms with van der Waals surface area (Å²) in [5.74, 6) is 0. The first kappa shape index (κ1) is 43.6. The van der Waals surface area contributed by atoms with E-state index in [0.717, 1.165) is 83.3 Å². The molecule has 0 N–H and O–H groups in total. The number of nitrogens with zero attached hydrogens (tertiary/aromatic N) is 5. The second kappa shape index (κ2) is 16.9. The molecular weight excluding hydrogens is 959 g/mol. The van der Waals surface area contributed by atoms with Gasteiger partial charge in [-0.15, -0.1) is 0 Å². The second-order valence-corrected chi connectivity index (χ2v) is 20.9. The average Bonchev–Trinajstić information content (AvgIpc) is 4.37. The van der Waals surface area contributed by atoms with Crippen LogP contribution in [0.1, 0.15) is 0 Å². The van der Waals surface area contributed by atoms with E-state index in [2.05, 4.69) is 308 Å². The molecule has 17 aromatic rings. The monoisotopic (exact) mass is 1010 g/mol. The molecule has 5 heteroatoms. The Bertz CT molecular complexity index is 5120. The van der Waals surface area contributed by atoms with Crippen molar-refractivity contribution in [2.24, 2.45) is 0 Å². The van der Waals surface area contributed by atoms with E-state index < -0.39 is 0 Å². The highest BCUT2D eigenvalue weighted by Crippen LogP contribution is 2.41. The highest BCUT2D eigenvalue weighted by Gasteiger charge is 2.20. The van der Waals surface area contributed by atoms with Gasteiger partial charge in [0.05, 0.1) is 44.5 Å². The summed E-state index contributed by atoms with van der Waals surface area (Å²) in [6.45, 7) is 0. The van der Waals surface area contributed by atoms with Crippen LogP contribution in [0.5, 0.6) is 0 Å². The Morgan fingerprint density at radius 1 is 0.165 bits per heavy atom. The Morgan fingerprint density at radius 3 is 1.05 bits per heavy atom. The van der Waals surface area contributed by atoms with Crippen LogP contribution in [0.25, 0.3) is 148 Å². The third-order valence-electron chi connectivity index (χ3n) is 16.7. The summed E-state index contributed by atoms with van der Waals surface area (Å²) in [4.78, 5) is 0. The Morgan fingerprint density at radius 2 is 0.544 bits per heavy atom. The highest BCUT2D eigenvalue weighted by atomic mass is 15.0. The van der Waals surface area contributed by atoms with Crippen molar-refractivity contribution in [2.45, 2.75) is 0 Å². The lowest BCUT2D eigenvalue weighted by Gasteiger charge is -2.15. The van der Waals surface area contributed by atoms with Crippen molar-refractivity contribution < 1.29 is 0 Å². The molecule has 0 amide bonds. The zero-order valence-electron chi connectivity index (χ0n) is 42.9. The van der Waals surface area contributed by atoms with E-state index in [1.54, 1.807) is 0 Å². The van der Waals surface area contributed by atoms with Gasteiger partial charge in [-0.2, -0.15) is 0 Å². The van der Waals surface area contributed by atoms with E-state index >= 15 is 0 Å². The molecule has 4 aromatic heterocycles. The maximum atomic E-state index is 2.47. The summed E-state index contributed by atoms with van der Waals surface area (Å²) in [6.07, 6.45) is 0. The van der Waals surface area contributed by atoms with Crippen molar-refractivity contribution in [3.63, 3.8) is 0 Å². The minimum absolute atomic E-state index is 1.07. The lowest BCUT2D eigenvalue weighted by Crippen LogP contribution is -2.00. The van der Waals surface area contributed by atoms with E-state index in [4.69, 9.17) is 0 Å². The Hall–Kier alpha value is -10.6.